The molecule has 3 rings (SSSR count). The van der Waals surface area contributed by atoms with Crippen LogP contribution in [0, 0.1) is 0 Å². The Morgan fingerprint density at radius 3 is 2.45 bits per heavy atom. The Kier molecular flexibility index (Phi) is 5.76. The molecule has 2 nitrogen and oxygen atoms in total. The van der Waals surface area contributed by atoms with Gasteiger partial charge in [-0.05, 0) is 47.6 Å². The second kappa shape index (κ2) is 7.79. The van der Waals surface area contributed by atoms with Crippen LogP contribution >= 0.6 is 0 Å². The van der Waals surface area contributed by atoms with Gasteiger partial charge >= 0.3 is 5.97 Å². The molecule has 0 radical (unpaired) electrons. The van der Waals surface area contributed by atoms with Gasteiger partial charge in [-0.15, -0.1) is 0 Å². The van der Waals surface area contributed by atoms with Gasteiger partial charge in [0.2, 0.25) is 0 Å². The van der Waals surface area contributed by atoms with E-state index in [1.165, 1.54) is 22.3 Å². The van der Waals surface area contributed by atoms with Crippen LogP contribution in [0.1, 0.15) is 37.5 Å². The minimum Gasteiger partial charge on any atom is -0.466 e. The van der Waals surface area contributed by atoms with Crippen molar-refractivity contribution in [2.24, 2.45) is 0 Å². The van der Waals surface area contributed by atoms with Gasteiger partial charge in [-0.1, -0.05) is 56.3 Å². The third-order valence-corrected chi connectivity index (χ3v) is 3.79. The molecule has 22 heavy (non-hydrogen) atoms. The first-order valence-electron chi connectivity index (χ1n) is 8.13. The molecule has 0 amide bonds. The van der Waals surface area contributed by atoms with Gasteiger partial charge in [0.15, 0.2) is 0 Å². The number of hydrogen-bond acceptors (Lipinski definition) is 2. The summed E-state index contributed by atoms with van der Waals surface area (Å²) in [6.45, 7) is 6.28. The standard InChI is InChI=1S/C18H18O2.C2H6/c1-2-20-18(19)12-13-7-10-17-15(11-13)9-8-14-5-3-4-6-16(14)17;1-2/h3-7,10-11H,2,8-9,12H2,1H3;1-2H3. The lowest BCUT2D eigenvalue weighted by atomic mass is 9.84. The second-order valence-electron chi connectivity index (χ2n) is 5.13. The predicted molar refractivity (Wildman–Crippen MR) is 91.0 cm³/mol. The first-order valence-corrected chi connectivity index (χ1v) is 8.13. The van der Waals surface area contributed by atoms with E-state index in [0.29, 0.717) is 13.0 Å². The van der Waals surface area contributed by atoms with Gasteiger partial charge in [0.1, 0.15) is 0 Å². The van der Waals surface area contributed by atoms with Crippen molar-refractivity contribution < 1.29 is 9.53 Å². The molecule has 0 bridgehead atoms. The summed E-state index contributed by atoms with van der Waals surface area (Å²) in [5.41, 5.74) is 6.43. The van der Waals surface area contributed by atoms with Crippen molar-refractivity contribution in [1.82, 2.24) is 0 Å². The van der Waals surface area contributed by atoms with Crippen LogP contribution in [0.3, 0.4) is 0 Å². The second-order valence-corrected chi connectivity index (χ2v) is 5.13. The molecule has 2 heteroatoms. The lowest BCUT2D eigenvalue weighted by Crippen LogP contribution is -2.09. The highest BCUT2D eigenvalue weighted by atomic mass is 16.5. The Morgan fingerprint density at radius 1 is 1.00 bits per heavy atom. The highest BCUT2D eigenvalue weighted by molar-refractivity contribution is 5.76. The Balaban J connectivity index is 0.000000847. The molecule has 0 aromatic heterocycles. The lowest BCUT2D eigenvalue weighted by Gasteiger charge is -2.20. The average Bonchev–Trinajstić information content (AvgIpc) is 2.56. The van der Waals surface area contributed by atoms with Crippen LogP contribution in [0.15, 0.2) is 42.5 Å². The molecule has 0 N–H and O–H groups in total. The van der Waals surface area contributed by atoms with Crippen molar-refractivity contribution in [3.05, 3.63) is 59.2 Å². The van der Waals surface area contributed by atoms with E-state index in [2.05, 4.69) is 36.4 Å². The minimum atomic E-state index is -0.149. The van der Waals surface area contributed by atoms with Gasteiger partial charge in [0.05, 0.1) is 13.0 Å². The zero-order valence-corrected chi connectivity index (χ0v) is 13.7. The molecule has 1 aliphatic rings. The molecule has 1 aliphatic carbocycles. The fourth-order valence-electron chi connectivity index (χ4n) is 2.88. The maximum absolute atomic E-state index is 11.6. The van der Waals surface area contributed by atoms with Crippen LogP contribution in [-0.2, 0) is 28.8 Å². The molecule has 0 unspecified atom stereocenters. The van der Waals surface area contributed by atoms with Crippen molar-refractivity contribution in [2.45, 2.75) is 40.0 Å². The lowest BCUT2D eigenvalue weighted by molar-refractivity contribution is -0.142. The van der Waals surface area contributed by atoms with E-state index >= 15 is 0 Å². The quantitative estimate of drug-likeness (QED) is 0.775. The number of carbonyl (C=O) groups is 1. The Labute approximate surface area is 133 Å². The summed E-state index contributed by atoms with van der Waals surface area (Å²) in [6, 6.07) is 14.9. The largest absolute Gasteiger partial charge is 0.466 e. The van der Waals surface area contributed by atoms with Gasteiger partial charge in [-0.2, -0.15) is 0 Å². The molecule has 0 atom stereocenters. The fraction of sp³-hybridized carbons (Fsp3) is 0.350. The maximum Gasteiger partial charge on any atom is 0.310 e. The molecule has 116 valence electrons. The normalized spacial score (nSPS) is 11.6. The molecule has 2 aromatic rings. The predicted octanol–water partition coefficient (Wildman–Crippen LogP) is 4.58. The van der Waals surface area contributed by atoms with Gasteiger partial charge in [-0.25, -0.2) is 0 Å². The van der Waals surface area contributed by atoms with Gasteiger partial charge in [0.25, 0.3) is 0 Å². The van der Waals surface area contributed by atoms with Crippen molar-refractivity contribution in [3.8, 4) is 11.1 Å². The Hall–Kier alpha value is -2.09. The highest BCUT2D eigenvalue weighted by Gasteiger charge is 2.16. The van der Waals surface area contributed by atoms with Gasteiger partial charge in [0, 0.05) is 0 Å². The first-order chi connectivity index (χ1) is 10.8. The van der Waals surface area contributed by atoms with E-state index in [4.69, 9.17) is 4.74 Å². The van der Waals surface area contributed by atoms with E-state index in [1.807, 2.05) is 26.8 Å². The van der Waals surface area contributed by atoms with Gasteiger partial charge < -0.3 is 4.74 Å². The van der Waals surface area contributed by atoms with Crippen molar-refractivity contribution in [2.75, 3.05) is 6.61 Å². The first kappa shape index (κ1) is 16.3. The van der Waals surface area contributed by atoms with Gasteiger partial charge in [-0.3, -0.25) is 4.79 Å². The third-order valence-electron chi connectivity index (χ3n) is 3.79. The fourth-order valence-corrected chi connectivity index (χ4v) is 2.88. The van der Waals surface area contributed by atoms with Crippen LogP contribution in [0.2, 0.25) is 0 Å². The van der Waals surface area contributed by atoms with E-state index in [-0.39, 0.29) is 5.97 Å². The van der Waals surface area contributed by atoms with Crippen LogP contribution < -0.4 is 0 Å². The summed E-state index contributed by atoms with van der Waals surface area (Å²) in [5.74, 6) is -0.149. The molecular formula is C20H24O2. The van der Waals surface area contributed by atoms with Crippen molar-refractivity contribution >= 4 is 5.97 Å². The summed E-state index contributed by atoms with van der Waals surface area (Å²) in [4.78, 5) is 11.6. The summed E-state index contributed by atoms with van der Waals surface area (Å²) in [6.07, 6.45) is 2.48. The number of esters is 1. The number of fused-ring (bicyclic) bond motifs is 3. The third kappa shape index (κ3) is 3.56. The summed E-state index contributed by atoms with van der Waals surface area (Å²) < 4.78 is 5.01. The molecule has 0 spiro atoms. The van der Waals surface area contributed by atoms with Crippen LogP contribution in [0.25, 0.3) is 11.1 Å². The van der Waals surface area contributed by atoms with Crippen LogP contribution in [-0.4, -0.2) is 12.6 Å². The highest BCUT2D eigenvalue weighted by Crippen LogP contribution is 2.33. The molecule has 0 fully saturated rings. The zero-order chi connectivity index (χ0) is 15.9. The number of benzene rings is 2. The molecule has 0 saturated carbocycles. The topological polar surface area (TPSA) is 26.3 Å². The van der Waals surface area contributed by atoms with E-state index in [9.17, 15) is 4.79 Å². The van der Waals surface area contributed by atoms with E-state index in [0.717, 1.165) is 18.4 Å². The Bertz CT molecular complexity index is 644. The average molecular weight is 296 g/mol. The van der Waals surface area contributed by atoms with Crippen molar-refractivity contribution in [3.63, 3.8) is 0 Å². The minimum absolute atomic E-state index is 0.149. The SMILES string of the molecule is CC.CCOC(=O)Cc1ccc2c(c1)CCc1ccccc1-2. The van der Waals surface area contributed by atoms with Crippen LogP contribution in [0.5, 0.6) is 0 Å². The molecular weight excluding hydrogens is 272 g/mol. The number of carbonyl (C=O) groups excluding carboxylic acids is 1. The zero-order valence-electron chi connectivity index (χ0n) is 13.7. The van der Waals surface area contributed by atoms with Crippen molar-refractivity contribution in [1.29, 1.82) is 0 Å². The summed E-state index contributed by atoms with van der Waals surface area (Å²) in [7, 11) is 0. The number of aryl methyl sites for hydroxylation is 2. The number of rotatable bonds is 3. The number of hydrogen-bond donors (Lipinski definition) is 0. The smallest absolute Gasteiger partial charge is 0.310 e. The summed E-state index contributed by atoms with van der Waals surface area (Å²) >= 11 is 0. The molecule has 0 heterocycles. The van der Waals surface area contributed by atoms with E-state index in [1.54, 1.807) is 0 Å². The Morgan fingerprint density at radius 2 is 1.68 bits per heavy atom. The monoisotopic (exact) mass is 296 g/mol. The maximum atomic E-state index is 11.6. The molecule has 0 aliphatic heterocycles. The van der Waals surface area contributed by atoms with Crippen LogP contribution in [0.4, 0.5) is 0 Å². The van der Waals surface area contributed by atoms with E-state index < -0.39 is 0 Å². The molecule has 0 saturated heterocycles. The number of ether oxygens (including phenoxy) is 1. The molecule has 2 aromatic carbocycles. The summed E-state index contributed by atoms with van der Waals surface area (Å²) in [5, 5.41) is 0.